The van der Waals surface area contributed by atoms with Crippen LogP contribution in [0, 0.1) is 12.7 Å². The molecule has 0 saturated heterocycles. The Morgan fingerprint density at radius 3 is 2.81 bits per heavy atom. The van der Waals surface area contributed by atoms with Gasteiger partial charge in [-0.25, -0.2) is 4.39 Å². The Balaban J connectivity index is 2.18. The molecule has 0 atom stereocenters. The number of aryl methyl sites for hydroxylation is 1. The van der Waals surface area contributed by atoms with E-state index in [2.05, 4.69) is 0 Å². The minimum Gasteiger partial charge on any atom is -0.472 e. The Kier molecular flexibility index (Phi) is 2.86. The van der Waals surface area contributed by atoms with Crippen LogP contribution in [-0.2, 0) is 6.42 Å². The fraction of sp³-hybridized carbons (Fsp3) is 0.154. The molecule has 0 aliphatic carbocycles. The van der Waals surface area contributed by atoms with Gasteiger partial charge >= 0.3 is 0 Å². The van der Waals surface area contributed by atoms with Crippen molar-refractivity contribution in [3.8, 4) is 0 Å². The summed E-state index contributed by atoms with van der Waals surface area (Å²) in [6, 6.07) is 6.06. The smallest absolute Gasteiger partial charge is 0.170 e. The largest absolute Gasteiger partial charge is 0.472 e. The van der Waals surface area contributed by atoms with E-state index >= 15 is 0 Å². The van der Waals surface area contributed by atoms with Crippen molar-refractivity contribution in [1.82, 2.24) is 0 Å². The quantitative estimate of drug-likeness (QED) is 0.741. The zero-order chi connectivity index (χ0) is 11.5. The highest BCUT2D eigenvalue weighted by Crippen LogP contribution is 2.13. The summed E-state index contributed by atoms with van der Waals surface area (Å²) in [5.74, 6) is -0.305. The maximum Gasteiger partial charge on any atom is 0.170 e. The number of hydrogen-bond acceptors (Lipinski definition) is 2. The lowest BCUT2D eigenvalue weighted by atomic mass is 10.0. The van der Waals surface area contributed by atoms with Crippen LogP contribution in [0.5, 0.6) is 0 Å². The van der Waals surface area contributed by atoms with Gasteiger partial charge in [-0.3, -0.25) is 4.79 Å². The number of Topliss-reactive ketones (excluding diaryl/α,β-unsaturated/α-hetero) is 1. The van der Waals surface area contributed by atoms with Gasteiger partial charge in [-0.05, 0) is 36.2 Å². The SMILES string of the molecule is Cc1cc(F)ccc1CC(=O)c1ccoc1. The van der Waals surface area contributed by atoms with Gasteiger partial charge < -0.3 is 4.42 Å². The molecule has 0 bridgehead atoms. The van der Waals surface area contributed by atoms with Crippen LogP contribution in [-0.4, -0.2) is 5.78 Å². The number of furan rings is 1. The van der Waals surface area contributed by atoms with Crippen LogP contribution in [0.3, 0.4) is 0 Å². The highest BCUT2D eigenvalue weighted by atomic mass is 19.1. The van der Waals surface area contributed by atoms with Gasteiger partial charge in [-0.1, -0.05) is 6.07 Å². The predicted molar refractivity (Wildman–Crippen MR) is 57.9 cm³/mol. The third-order valence-corrected chi connectivity index (χ3v) is 2.50. The molecule has 16 heavy (non-hydrogen) atoms. The summed E-state index contributed by atoms with van der Waals surface area (Å²) < 4.78 is 17.7. The van der Waals surface area contributed by atoms with Gasteiger partial charge in [0.2, 0.25) is 0 Å². The lowest BCUT2D eigenvalue weighted by Crippen LogP contribution is -2.03. The van der Waals surface area contributed by atoms with Crippen LogP contribution in [0.25, 0.3) is 0 Å². The van der Waals surface area contributed by atoms with Crippen molar-refractivity contribution in [2.75, 3.05) is 0 Å². The Morgan fingerprint density at radius 1 is 1.38 bits per heavy atom. The maximum atomic E-state index is 12.9. The van der Waals surface area contributed by atoms with Gasteiger partial charge in [0.15, 0.2) is 5.78 Å². The molecule has 2 nitrogen and oxygen atoms in total. The second-order valence-electron chi connectivity index (χ2n) is 3.68. The van der Waals surface area contributed by atoms with Crippen LogP contribution >= 0.6 is 0 Å². The van der Waals surface area contributed by atoms with Gasteiger partial charge in [0.1, 0.15) is 12.1 Å². The summed E-state index contributed by atoms with van der Waals surface area (Å²) in [6.45, 7) is 1.79. The summed E-state index contributed by atoms with van der Waals surface area (Å²) in [4.78, 5) is 11.8. The van der Waals surface area contributed by atoms with Gasteiger partial charge in [-0.15, -0.1) is 0 Å². The summed E-state index contributed by atoms with van der Waals surface area (Å²) in [7, 11) is 0. The van der Waals surface area contributed by atoms with E-state index in [-0.39, 0.29) is 18.0 Å². The van der Waals surface area contributed by atoms with Crippen molar-refractivity contribution in [2.24, 2.45) is 0 Å². The fourth-order valence-electron chi connectivity index (χ4n) is 1.56. The van der Waals surface area contributed by atoms with Crippen molar-refractivity contribution < 1.29 is 13.6 Å². The molecular formula is C13H11FO2. The maximum absolute atomic E-state index is 12.9. The first kappa shape index (κ1) is 10.6. The lowest BCUT2D eigenvalue weighted by Gasteiger charge is -2.03. The minimum absolute atomic E-state index is 0.0246. The van der Waals surface area contributed by atoms with E-state index in [0.29, 0.717) is 5.56 Å². The Hall–Kier alpha value is -1.90. The zero-order valence-corrected chi connectivity index (χ0v) is 8.87. The van der Waals surface area contributed by atoms with E-state index in [1.54, 1.807) is 19.1 Å². The summed E-state index contributed by atoms with van der Waals surface area (Å²) >= 11 is 0. The molecule has 0 fully saturated rings. The van der Waals surface area contributed by atoms with E-state index in [9.17, 15) is 9.18 Å². The average Bonchev–Trinajstić information content (AvgIpc) is 2.75. The molecule has 0 N–H and O–H groups in total. The predicted octanol–water partition coefficient (Wildman–Crippen LogP) is 3.15. The molecule has 1 heterocycles. The summed E-state index contributed by atoms with van der Waals surface area (Å²) in [5, 5.41) is 0. The molecule has 1 aromatic heterocycles. The molecule has 3 heteroatoms. The molecule has 0 aliphatic heterocycles. The Morgan fingerprint density at radius 2 is 2.19 bits per heavy atom. The van der Waals surface area contributed by atoms with Crippen molar-refractivity contribution in [3.63, 3.8) is 0 Å². The first-order chi connectivity index (χ1) is 7.66. The van der Waals surface area contributed by atoms with Crippen molar-refractivity contribution in [2.45, 2.75) is 13.3 Å². The van der Waals surface area contributed by atoms with Crippen LogP contribution in [0.4, 0.5) is 4.39 Å². The number of hydrogen-bond donors (Lipinski definition) is 0. The number of benzene rings is 1. The molecule has 2 aromatic rings. The normalized spacial score (nSPS) is 10.4. The second-order valence-corrected chi connectivity index (χ2v) is 3.68. The van der Waals surface area contributed by atoms with Gasteiger partial charge in [-0.2, -0.15) is 0 Å². The van der Waals surface area contributed by atoms with E-state index in [1.807, 2.05) is 0 Å². The first-order valence-electron chi connectivity index (χ1n) is 4.97. The molecular weight excluding hydrogens is 207 g/mol. The molecule has 0 saturated carbocycles. The molecule has 0 unspecified atom stereocenters. The third-order valence-electron chi connectivity index (χ3n) is 2.50. The number of carbonyl (C=O) groups excluding carboxylic acids is 1. The molecule has 0 spiro atoms. The summed E-state index contributed by atoms with van der Waals surface area (Å²) in [5.41, 5.74) is 2.17. The van der Waals surface area contributed by atoms with Gasteiger partial charge in [0, 0.05) is 6.42 Å². The number of rotatable bonds is 3. The second kappa shape index (κ2) is 4.31. The van der Waals surface area contributed by atoms with Crippen LogP contribution < -0.4 is 0 Å². The minimum atomic E-state index is -0.281. The van der Waals surface area contributed by atoms with Gasteiger partial charge in [0.25, 0.3) is 0 Å². The van der Waals surface area contributed by atoms with E-state index in [4.69, 9.17) is 4.42 Å². The van der Waals surface area contributed by atoms with Crippen LogP contribution in [0.15, 0.2) is 41.2 Å². The first-order valence-corrected chi connectivity index (χ1v) is 4.97. The molecule has 0 amide bonds. The average molecular weight is 218 g/mol. The number of halogens is 1. The van der Waals surface area contributed by atoms with Crippen molar-refractivity contribution >= 4 is 5.78 Å². The summed E-state index contributed by atoms with van der Waals surface area (Å²) in [6.07, 6.45) is 3.15. The zero-order valence-electron chi connectivity index (χ0n) is 8.87. The highest BCUT2D eigenvalue weighted by molar-refractivity contribution is 5.97. The fourth-order valence-corrected chi connectivity index (χ4v) is 1.56. The Labute approximate surface area is 92.7 Å². The van der Waals surface area contributed by atoms with Gasteiger partial charge in [0.05, 0.1) is 11.8 Å². The van der Waals surface area contributed by atoms with Crippen LogP contribution in [0.1, 0.15) is 21.5 Å². The Bertz CT molecular complexity index is 501. The molecule has 2 rings (SSSR count). The van der Waals surface area contributed by atoms with Crippen molar-refractivity contribution in [1.29, 1.82) is 0 Å². The molecule has 82 valence electrons. The molecule has 0 aliphatic rings. The third kappa shape index (κ3) is 2.19. The van der Waals surface area contributed by atoms with E-state index < -0.39 is 0 Å². The molecule has 0 radical (unpaired) electrons. The monoisotopic (exact) mass is 218 g/mol. The lowest BCUT2D eigenvalue weighted by molar-refractivity contribution is 0.0992. The van der Waals surface area contributed by atoms with Crippen molar-refractivity contribution in [3.05, 3.63) is 59.3 Å². The van der Waals surface area contributed by atoms with E-state index in [0.717, 1.165) is 11.1 Å². The number of carbonyl (C=O) groups is 1. The standard InChI is InChI=1S/C13H11FO2/c1-9-6-12(14)3-2-10(9)7-13(15)11-4-5-16-8-11/h2-6,8H,7H2,1H3. The van der Waals surface area contributed by atoms with E-state index in [1.165, 1.54) is 24.7 Å². The van der Waals surface area contributed by atoms with Crippen LogP contribution in [0.2, 0.25) is 0 Å². The number of ketones is 1. The molecule has 1 aromatic carbocycles. The topological polar surface area (TPSA) is 30.2 Å². The highest BCUT2D eigenvalue weighted by Gasteiger charge is 2.10.